The Kier molecular flexibility index (Phi) is 4.56. The summed E-state index contributed by atoms with van der Waals surface area (Å²) in [5.74, 6) is 0.532. The average molecular weight is 374 g/mol. The van der Waals surface area contributed by atoms with E-state index >= 15 is 0 Å². The predicted molar refractivity (Wildman–Crippen MR) is 112 cm³/mol. The zero-order valence-corrected chi connectivity index (χ0v) is 15.9. The van der Waals surface area contributed by atoms with Crippen molar-refractivity contribution in [2.24, 2.45) is 0 Å². The number of anilines is 1. The summed E-state index contributed by atoms with van der Waals surface area (Å²) in [7, 11) is 4.00. The second kappa shape index (κ2) is 7.17. The van der Waals surface area contributed by atoms with Gasteiger partial charge in [0.25, 0.3) is 5.56 Å². The van der Waals surface area contributed by atoms with Gasteiger partial charge in [0.15, 0.2) is 5.82 Å². The Morgan fingerprint density at radius 3 is 2.37 bits per heavy atom. The van der Waals surface area contributed by atoms with Crippen molar-refractivity contribution in [2.45, 2.75) is 0 Å². The molecule has 2 aromatic heterocycles. The molecule has 0 spiro atoms. The monoisotopic (exact) mass is 374 g/mol. The number of hydrogen-bond donors (Lipinski definition) is 0. The molecule has 27 heavy (non-hydrogen) atoms. The third-order valence-electron chi connectivity index (χ3n) is 4.13. The van der Waals surface area contributed by atoms with Gasteiger partial charge in [-0.2, -0.15) is 9.50 Å². The maximum absolute atomic E-state index is 12.6. The molecule has 0 saturated carbocycles. The quantitative estimate of drug-likeness (QED) is 0.551. The Balaban J connectivity index is 1.64. The van der Waals surface area contributed by atoms with E-state index in [4.69, 9.17) is 0 Å². The number of nitrogens with zero attached hydrogens (tertiary/aromatic N) is 4. The van der Waals surface area contributed by atoms with Crippen LogP contribution in [-0.2, 0) is 0 Å². The number of aromatic nitrogens is 3. The first-order chi connectivity index (χ1) is 13.1. The van der Waals surface area contributed by atoms with Crippen molar-refractivity contribution in [3.63, 3.8) is 0 Å². The van der Waals surface area contributed by atoms with E-state index in [0.29, 0.717) is 15.3 Å². The summed E-state index contributed by atoms with van der Waals surface area (Å²) in [5, 5.41) is 4.32. The third kappa shape index (κ3) is 3.66. The summed E-state index contributed by atoms with van der Waals surface area (Å²) in [4.78, 5) is 19.7. The third-order valence-corrected chi connectivity index (χ3v) is 5.09. The number of benzene rings is 2. The number of rotatable bonds is 4. The van der Waals surface area contributed by atoms with E-state index in [-0.39, 0.29) is 5.56 Å². The van der Waals surface area contributed by atoms with Crippen molar-refractivity contribution in [1.82, 2.24) is 14.6 Å². The Labute approximate surface area is 160 Å². The van der Waals surface area contributed by atoms with Crippen molar-refractivity contribution in [3.05, 3.63) is 86.4 Å². The maximum Gasteiger partial charge on any atom is 0.291 e. The standard InChI is InChI=1S/C21H18N4OS/c1-24(2)17-11-8-16(9-12-17)14-18-20(26)25-21(27-18)22-19(23-25)13-10-15-6-4-3-5-7-15/h3-14H,1-2H3/b13-10+,18-14+. The largest absolute Gasteiger partial charge is 0.378 e. The van der Waals surface area contributed by atoms with E-state index in [9.17, 15) is 4.79 Å². The van der Waals surface area contributed by atoms with E-state index in [1.54, 1.807) is 0 Å². The minimum atomic E-state index is -0.140. The molecule has 0 aliphatic carbocycles. The lowest BCUT2D eigenvalue weighted by molar-refractivity contribution is 0.925. The molecule has 4 aromatic rings. The smallest absolute Gasteiger partial charge is 0.291 e. The fourth-order valence-electron chi connectivity index (χ4n) is 2.67. The Bertz CT molecular complexity index is 1210. The van der Waals surface area contributed by atoms with Crippen LogP contribution in [0.25, 0.3) is 23.2 Å². The molecule has 5 nitrogen and oxygen atoms in total. The van der Waals surface area contributed by atoms with E-state index in [1.165, 1.54) is 15.9 Å². The molecule has 0 aliphatic rings. The van der Waals surface area contributed by atoms with Crippen LogP contribution in [0.1, 0.15) is 17.0 Å². The first kappa shape index (κ1) is 17.2. The van der Waals surface area contributed by atoms with Crippen LogP contribution in [0.3, 0.4) is 0 Å². The number of fused-ring (bicyclic) bond motifs is 1. The summed E-state index contributed by atoms with van der Waals surface area (Å²) < 4.78 is 2.00. The van der Waals surface area contributed by atoms with Gasteiger partial charge in [-0.05, 0) is 35.4 Å². The summed E-state index contributed by atoms with van der Waals surface area (Å²) >= 11 is 1.35. The molecule has 0 fully saturated rings. The van der Waals surface area contributed by atoms with E-state index in [0.717, 1.165) is 16.8 Å². The van der Waals surface area contributed by atoms with Gasteiger partial charge in [-0.15, -0.1) is 5.10 Å². The molecule has 0 N–H and O–H groups in total. The summed E-state index contributed by atoms with van der Waals surface area (Å²) in [5.41, 5.74) is 3.02. The lowest BCUT2D eigenvalue weighted by Gasteiger charge is -2.11. The molecule has 0 unspecified atom stereocenters. The number of hydrogen-bond acceptors (Lipinski definition) is 5. The first-order valence-electron chi connectivity index (χ1n) is 8.52. The predicted octanol–water partition coefficient (Wildman–Crippen LogP) is 2.94. The molecule has 0 radical (unpaired) electrons. The van der Waals surface area contributed by atoms with Crippen LogP contribution in [-0.4, -0.2) is 28.7 Å². The molecule has 0 saturated heterocycles. The average Bonchev–Trinajstić information content (AvgIpc) is 3.20. The minimum Gasteiger partial charge on any atom is -0.378 e. The Morgan fingerprint density at radius 2 is 1.70 bits per heavy atom. The van der Waals surface area contributed by atoms with Gasteiger partial charge in [0.05, 0.1) is 4.53 Å². The molecule has 4 rings (SSSR count). The second-order valence-electron chi connectivity index (χ2n) is 6.31. The Morgan fingerprint density at radius 1 is 0.963 bits per heavy atom. The number of thiazole rings is 1. The van der Waals surface area contributed by atoms with Crippen LogP contribution in [0.2, 0.25) is 0 Å². The van der Waals surface area contributed by atoms with Crippen molar-refractivity contribution in [2.75, 3.05) is 19.0 Å². The Hall–Kier alpha value is -3.25. The topological polar surface area (TPSA) is 50.5 Å². The van der Waals surface area contributed by atoms with Crippen LogP contribution >= 0.6 is 11.3 Å². The SMILES string of the molecule is CN(C)c1ccc(/C=c2/sc3nc(/C=C/c4ccccc4)nn3c2=O)cc1. The second-order valence-corrected chi connectivity index (χ2v) is 7.32. The van der Waals surface area contributed by atoms with Gasteiger partial charge in [-0.25, -0.2) is 0 Å². The van der Waals surface area contributed by atoms with E-state index in [2.05, 4.69) is 10.1 Å². The van der Waals surface area contributed by atoms with E-state index < -0.39 is 0 Å². The normalized spacial score (nSPS) is 12.3. The van der Waals surface area contributed by atoms with E-state index in [1.807, 2.05) is 91.8 Å². The molecule has 0 bridgehead atoms. The first-order valence-corrected chi connectivity index (χ1v) is 9.34. The van der Waals surface area contributed by atoms with Crippen molar-refractivity contribution >= 4 is 40.2 Å². The highest BCUT2D eigenvalue weighted by Gasteiger charge is 2.08. The van der Waals surface area contributed by atoms with Crippen LogP contribution in [0.5, 0.6) is 0 Å². The molecule has 0 amide bonds. The molecule has 0 atom stereocenters. The van der Waals surface area contributed by atoms with Crippen molar-refractivity contribution in [1.29, 1.82) is 0 Å². The van der Waals surface area contributed by atoms with Crippen LogP contribution in [0, 0.1) is 0 Å². The van der Waals surface area contributed by atoms with Crippen molar-refractivity contribution < 1.29 is 0 Å². The van der Waals surface area contributed by atoms with Gasteiger partial charge >= 0.3 is 0 Å². The van der Waals surface area contributed by atoms with Gasteiger partial charge in [-0.1, -0.05) is 59.9 Å². The molecular formula is C21H18N4OS. The molecule has 2 aromatic carbocycles. The zero-order valence-electron chi connectivity index (χ0n) is 15.0. The highest BCUT2D eigenvalue weighted by Crippen LogP contribution is 2.13. The highest BCUT2D eigenvalue weighted by atomic mass is 32.1. The van der Waals surface area contributed by atoms with Gasteiger partial charge in [0.1, 0.15) is 0 Å². The summed E-state index contributed by atoms with van der Waals surface area (Å²) in [6.07, 6.45) is 5.63. The molecular weight excluding hydrogens is 356 g/mol. The van der Waals surface area contributed by atoms with Gasteiger partial charge in [0, 0.05) is 19.8 Å². The van der Waals surface area contributed by atoms with Gasteiger partial charge in [0.2, 0.25) is 4.96 Å². The lowest BCUT2D eigenvalue weighted by Crippen LogP contribution is -2.23. The minimum absolute atomic E-state index is 0.140. The van der Waals surface area contributed by atoms with Crippen LogP contribution < -0.4 is 15.0 Å². The lowest BCUT2D eigenvalue weighted by atomic mass is 10.2. The van der Waals surface area contributed by atoms with Crippen LogP contribution in [0.15, 0.2) is 59.4 Å². The molecule has 134 valence electrons. The fraction of sp³-hybridized carbons (Fsp3) is 0.0952. The molecule has 0 aliphatic heterocycles. The highest BCUT2D eigenvalue weighted by molar-refractivity contribution is 7.15. The van der Waals surface area contributed by atoms with Gasteiger partial charge in [-0.3, -0.25) is 4.79 Å². The van der Waals surface area contributed by atoms with Crippen molar-refractivity contribution in [3.8, 4) is 0 Å². The fourth-order valence-corrected chi connectivity index (χ4v) is 3.59. The summed E-state index contributed by atoms with van der Waals surface area (Å²) in [6.45, 7) is 0. The van der Waals surface area contributed by atoms with Gasteiger partial charge < -0.3 is 4.90 Å². The summed E-state index contributed by atoms with van der Waals surface area (Å²) in [6, 6.07) is 18.0. The zero-order chi connectivity index (χ0) is 18.8. The molecule has 2 heterocycles. The van der Waals surface area contributed by atoms with Crippen LogP contribution in [0.4, 0.5) is 5.69 Å². The molecule has 6 heteroatoms. The maximum atomic E-state index is 12.6.